The first-order chi connectivity index (χ1) is 38.1. The zero-order valence-corrected chi connectivity index (χ0v) is 45.6. The zero-order valence-electron chi connectivity index (χ0n) is 42.5. The van der Waals surface area contributed by atoms with Crippen LogP contribution in [0.25, 0.3) is 33.9 Å². The van der Waals surface area contributed by atoms with Crippen LogP contribution in [-0.4, -0.2) is 96.1 Å². The molecule has 10 rings (SSSR count). The predicted octanol–water partition coefficient (Wildman–Crippen LogP) is 13.2. The highest BCUT2D eigenvalue weighted by Gasteiger charge is 2.37. The number of amides is 2. The molecule has 13 nitrogen and oxygen atoms in total. The van der Waals surface area contributed by atoms with Gasteiger partial charge in [0.2, 0.25) is 0 Å². The molecule has 2 fully saturated rings. The van der Waals surface area contributed by atoms with Crippen LogP contribution in [0.3, 0.4) is 0 Å². The normalized spacial score (nSPS) is 14.3. The number of piperidine rings is 2. The van der Waals surface area contributed by atoms with Crippen molar-refractivity contribution in [1.29, 1.82) is 0 Å². The predicted molar refractivity (Wildman–Crippen MR) is 300 cm³/mol. The number of aliphatic hydroxyl groups excluding tert-OH is 1. The number of carboxylic acids is 1. The minimum absolute atomic E-state index is 0.0227. The number of hydrogen-bond donors (Lipinski definition) is 2. The van der Waals surface area contributed by atoms with Gasteiger partial charge < -0.3 is 24.7 Å². The summed E-state index contributed by atoms with van der Waals surface area (Å²) in [4.78, 5) is 55.9. The molecule has 2 aliphatic rings. The van der Waals surface area contributed by atoms with E-state index >= 15 is 0 Å². The Bertz CT molecular complexity index is 3520. The Morgan fingerprint density at radius 2 is 0.987 bits per heavy atom. The Kier molecular flexibility index (Phi) is 17.9. The van der Waals surface area contributed by atoms with Crippen molar-refractivity contribution in [2.24, 2.45) is 0 Å². The molecule has 2 aromatic heterocycles. The Morgan fingerprint density at radius 1 is 0.582 bits per heavy atom. The number of aliphatic hydroxyl groups is 1. The molecule has 0 radical (unpaired) electrons. The molecule has 0 saturated carbocycles. The highest BCUT2D eigenvalue weighted by Crippen LogP contribution is 2.39. The fourth-order valence-corrected chi connectivity index (χ4v) is 10.9. The Hall–Kier alpha value is -7.40. The van der Waals surface area contributed by atoms with Crippen LogP contribution in [0.2, 0.25) is 20.1 Å². The number of rotatable bonds is 13. The van der Waals surface area contributed by atoms with E-state index in [9.17, 15) is 38.2 Å². The lowest BCUT2D eigenvalue weighted by molar-refractivity contribution is -0.147. The molecule has 0 aliphatic carbocycles. The number of carbonyl (C=O) groups is 4. The van der Waals surface area contributed by atoms with E-state index in [1.54, 1.807) is 125 Å². The van der Waals surface area contributed by atoms with E-state index in [2.05, 4.69) is 5.10 Å². The second-order valence-electron chi connectivity index (χ2n) is 18.9. The number of carboxylic acid groups (broad SMARTS) is 1. The third kappa shape index (κ3) is 12.4. The molecule has 0 spiro atoms. The fraction of sp³-hybridized carbons (Fsp3) is 0.233. The van der Waals surface area contributed by atoms with Crippen molar-refractivity contribution in [1.82, 2.24) is 29.4 Å². The molecule has 2 saturated heterocycles. The van der Waals surface area contributed by atoms with Gasteiger partial charge in [-0.3, -0.25) is 14.4 Å². The standard InChI is InChI=1S/C31H28Cl2FN3O3.C29H24Cl2FN3O4/c1-2-40-28(38)19-24-29(31(39)36-17-15-20(16-18-36)23-7-3-5-9-26(23)34)35-37(27-10-6-4-8-25(27)33)30(24)21-11-13-22(32)14-12-21;30-19-11-9-18(10-12-19)26-24(27(36)29(38)39)25(33-35(26)23-8-4-2-6-21(23)31)28(37)34-15-13-17(14-16-34)20-5-1-3-7-22(20)32/h3-14,20H,2,15-19H2,1H3;1-12,17,27,36H,13-16H2,(H,38,39). The van der Waals surface area contributed by atoms with Crippen LogP contribution in [0.4, 0.5) is 8.78 Å². The lowest BCUT2D eigenvalue weighted by Gasteiger charge is -2.32. The molecule has 8 aromatic rings. The molecule has 2 N–H and O–H groups in total. The van der Waals surface area contributed by atoms with Gasteiger partial charge in [0.05, 0.1) is 51.4 Å². The average Bonchev–Trinajstić information content (AvgIpc) is 4.26. The number of benzene rings is 6. The van der Waals surface area contributed by atoms with Crippen LogP contribution in [0, 0.1) is 11.6 Å². The van der Waals surface area contributed by atoms with Gasteiger partial charge >= 0.3 is 11.9 Å². The van der Waals surface area contributed by atoms with Crippen LogP contribution in [0.15, 0.2) is 146 Å². The van der Waals surface area contributed by atoms with Crippen LogP contribution >= 0.6 is 46.4 Å². The quantitative estimate of drug-likeness (QED) is 0.107. The van der Waals surface area contributed by atoms with Gasteiger partial charge in [0.1, 0.15) is 11.6 Å². The summed E-state index contributed by atoms with van der Waals surface area (Å²) in [5.41, 5.74) is 4.48. The number of hydrogen-bond acceptors (Lipinski definition) is 8. The van der Waals surface area contributed by atoms with E-state index in [0.29, 0.717) is 117 Å². The second-order valence-corrected chi connectivity index (χ2v) is 20.6. The van der Waals surface area contributed by atoms with Gasteiger partial charge in [-0.05, 0) is 116 Å². The monoisotopic (exact) mass is 1150 g/mol. The van der Waals surface area contributed by atoms with Gasteiger partial charge in [-0.1, -0.05) is 131 Å². The number of aliphatic carboxylic acids is 1. The summed E-state index contributed by atoms with van der Waals surface area (Å²) < 4.78 is 37.0. The van der Waals surface area contributed by atoms with Crippen molar-refractivity contribution in [2.75, 3.05) is 32.8 Å². The van der Waals surface area contributed by atoms with Gasteiger partial charge in [-0.15, -0.1) is 0 Å². The van der Waals surface area contributed by atoms with E-state index < -0.39 is 23.9 Å². The van der Waals surface area contributed by atoms with Crippen LogP contribution in [0.5, 0.6) is 0 Å². The van der Waals surface area contributed by atoms with E-state index in [-0.39, 0.29) is 65.1 Å². The second kappa shape index (κ2) is 25.2. The fourth-order valence-electron chi connectivity index (χ4n) is 10.2. The van der Waals surface area contributed by atoms with Gasteiger partial charge in [0.15, 0.2) is 17.5 Å². The summed E-state index contributed by atoms with van der Waals surface area (Å²) >= 11 is 25.3. The minimum Gasteiger partial charge on any atom is -0.479 e. The number of likely N-dealkylation sites (tertiary alicyclic amines) is 2. The molecular weight excluding hydrogens is 1100 g/mol. The summed E-state index contributed by atoms with van der Waals surface area (Å²) in [5, 5.41) is 31.7. The molecule has 1 atom stereocenters. The minimum atomic E-state index is -2.04. The highest BCUT2D eigenvalue weighted by atomic mass is 35.5. The van der Waals surface area contributed by atoms with Gasteiger partial charge in [-0.25, -0.2) is 22.9 Å². The van der Waals surface area contributed by atoms with Gasteiger partial charge in [0.25, 0.3) is 11.8 Å². The van der Waals surface area contributed by atoms with E-state index in [1.807, 2.05) is 30.3 Å². The molecular formula is C60H52Cl4F2N6O7. The largest absolute Gasteiger partial charge is 0.479 e. The van der Waals surface area contributed by atoms with Crippen molar-refractivity contribution in [3.8, 4) is 33.9 Å². The summed E-state index contributed by atoms with van der Waals surface area (Å²) in [5.74, 6) is -3.36. The Morgan fingerprint density at radius 3 is 1.43 bits per heavy atom. The zero-order chi connectivity index (χ0) is 55.9. The average molecular weight is 1150 g/mol. The molecule has 6 aromatic carbocycles. The molecule has 406 valence electrons. The SMILES string of the molecule is CCOC(=O)Cc1c(C(=O)N2CCC(c3ccccc3F)CC2)nn(-c2ccccc2Cl)c1-c1ccc(Cl)cc1.O=C(O)C(O)c1c(C(=O)N2CCC(c3ccccc3F)CC2)nn(-c2ccccc2Cl)c1-c1ccc(Cl)cc1. The lowest BCUT2D eigenvalue weighted by Crippen LogP contribution is -2.39. The number of carbonyl (C=O) groups excluding carboxylic acids is 3. The molecule has 0 bridgehead atoms. The molecule has 2 aliphatic heterocycles. The molecule has 2 amide bonds. The summed E-state index contributed by atoms with van der Waals surface area (Å²) in [6.07, 6.45) is 0.104. The maximum atomic E-state index is 14.4. The number of nitrogens with zero attached hydrogens (tertiary/aromatic N) is 6. The number of aromatic nitrogens is 4. The maximum Gasteiger partial charge on any atom is 0.337 e. The smallest absolute Gasteiger partial charge is 0.337 e. The van der Waals surface area contributed by atoms with Crippen molar-refractivity contribution in [2.45, 2.75) is 57.0 Å². The summed E-state index contributed by atoms with van der Waals surface area (Å²) in [7, 11) is 0. The molecule has 1 unspecified atom stereocenters. The summed E-state index contributed by atoms with van der Waals surface area (Å²) in [6, 6.07) is 41.0. The first kappa shape index (κ1) is 56.3. The topological polar surface area (TPSA) is 160 Å². The van der Waals surface area contributed by atoms with Crippen LogP contribution in [-0.2, 0) is 20.7 Å². The Labute approximate surface area is 474 Å². The van der Waals surface area contributed by atoms with E-state index in [1.165, 1.54) is 16.8 Å². The molecule has 19 heteroatoms. The Balaban J connectivity index is 0.000000192. The van der Waals surface area contributed by atoms with Crippen molar-refractivity contribution in [3.05, 3.63) is 211 Å². The molecule has 4 heterocycles. The number of para-hydroxylation sites is 2. The van der Waals surface area contributed by atoms with Crippen molar-refractivity contribution < 1.29 is 42.9 Å². The number of halogens is 6. The van der Waals surface area contributed by atoms with Crippen molar-refractivity contribution >= 4 is 70.2 Å². The van der Waals surface area contributed by atoms with Gasteiger partial charge in [-0.2, -0.15) is 10.2 Å². The van der Waals surface area contributed by atoms with Crippen LogP contribution in [0.1, 0.15) is 93.8 Å². The number of esters is 1. The van der Waals surface area contributed by atoms with E-state index in [4.69, 9.17) is 56.2 Å². The highest BCUT2D eigenvalue weighted by molar-refractivity contribution is 6.33. The molecule has 79 heavy (non-hydrogen) atoms. The van der Waals surface area contributed by atoms with Crippen molar-refractivity contribution in [3.63, 3.8) is 0 Å². The van der Waals surface area contributed by atoms with Gasteiger partial charge in [0, 0.05) is 52.9 Å². The first-order valence-electron chi connectivity index (χ1n) is 25.5. The van der Waals surface area contributed by atoms with E-state index in [0.717, 1.165) is 0 Å². The third-order valence-electron chi connectivity index (χ3n) is 14.1. The number of ether oxygens (including phenoxy) is 1. The third-order valence-corrected chi connectivity index (χ3v) is 15.2. The first-order valence-corrected chi connectivity index (χ1v) is 27.0. The lowest BCUT2D eigenvalue weighted by atomic mass is 9.89. The summed E-state index contributed by atoms with van der Waals surface area (Å²) in [6.45, 7) is 3.45. The maximum absolute atomic E-state index is 14.4. The van der Waals surface area contributed by atoms with Crippen LogP contribution < -0.4 is 0 Å².